The summed E-state index contributed by atoms with van der Waals surface area (Å²) < 4.78 is 35.7. The summed E-state index contributed by atoms with van der Waals surface area (Å²) in [4.78, 5) is 24.0. The third-order valence-corrected chi connectivity index (χ3v) is 17.6. The number of nitrogens with two attached hydrogens (primary N) is 1. The van der Waals surface area contributed by atoms with Crippen molar-refractivity contribution in [2.75, 3.05) is 11.9 Å². The molecular weight excluding hydrogens is 688 g/mol. The number of thiophene rings is 1. The Bertz CT molecular complexity index is 1680. The number of carbonyl (C=O) groups is 1. The molecule has 1 aliphatic rings. The van der Waals surface area contributed by atoms with Crippen molar-refractivity contribution in [2.45, 2.75) is 109 Å². The van der Waals surface area contributed by atoms with Gasteiger partial charge in [0.05, 0.1) is 18.3 Å². The zero-order valence-corrected chi connectivity index (χ0v) is 32.4. The Morgan fingerprint density at radius 1 is 1.17 bits per heavy atom. The van der Waals surface area contributed by atoms with Crippen molar-refractivity contribution < 1.29 is 26.9 Å². The lowest BCUT2D eigenvalue weighted by Crippen LogP contribution is -2.51. The minimum absolute atomic E-state index is 0.0883. The van der Waals surface area contributed by atoms with Crippen LogP contribution in [-0.4, -0.2) is 56.3 Å². The molecule has 2 aromatic heterocycles. The quantitative estimate of drug-likeness (QED) is 0.109. The summed E-state index contributed by atoms with van der Waals surface area (Å²) >= 11 is 7.66. The maximum atomic E-state index is 13.7. The fourth-order valence-electron chi connectivity index (χ4n) is 7.53. The Morgan fingerprint density at radius 3 is 2.44 bits per heavy atom. The summed E-state index contributed by atoms with van der Waals surface area (Å²) in [5.41, 5.74) is 1.46. The second kappa shape index (κ2) is 15.3. The van der Waals surface area contributed by atoms with Crippen LogP contribution >= 0.6 is 22.9 Å². The molecule has 4 N–H and O–H groups in total. The first-order chi connectivity index (χ1) is 22.3. The number of aromatic nitrogens is 2. The Kier molecular flexibility index (Phi) is 12.3. The minimum atomic E-state index is -4.13. The van der Waals surface area contributed by atoms with Gasteiger partial charge in [-0.25, -0.2) is 15.1 Å². The van der Waals surface area contributed by atoms with Crippen molar-refractivity contribution in [3.63, 3.8) is 0 Å². The second-order valence-electron chi connectivity index (χ2n) is 14.0. The third kappa shape index (κ3) is 8.73. The van der Waals surface area contributed by atoms with Crippen LogP contribution in [0.5, 0.6) is 0 Å². The number of ketones is 1. The van der Waals surface area contributed by atoms with Crippen LogP contribution in [0, 0.1) is 12.8 Å². The first-order valence-electron chi connectivity index (χ1n) is 16.4. The number of benzene rings is 1. The van der Waals surface area contributed by atoms with E-state index >= 15 is 0 Å². The van der Waals surface area contributed by atoms with Gasteiger partial charge in [-0.3, -0.25) is 8.98 Å². The lowest BCUT2D eigenvalue weighted by atomic mass is 9.88. The van der Waals surface area contributed by atoms with Crippen LogP contribution in [0.1, 0.15) is 92.5 Å². The maximum absolute atomic E-state index is 13.7. The predicted molar refractivity (Wildman–Crippen MR) is 194 cm³/mol. The molecule has 10 nitrogen and oxygen atoms in total. The maximum Gasteiger partial charge on any atom is 0.333 e. The normalized spacial score (nSPS) is 20.1. The summed E-state index contributed by atoms with van der Waals surface area (Å²) in [6.07, 6.45) is 3.88. The number of Topliss-reactive ketones (excluding diaryl/α,β-unsaturated/α-hetero) is 1. The smallest absolute Gasteiger partial charge is 0.333 e. The number of halogens is 1. The first-order valence-corrected chi connectivity index (χ1v) is 21.2. The molecule has 0 saturated heterocycles. The lowest BCUT2D eigenvalue weighted by Gasteiger charge is -2.45. The molecule has 0 spiro atoms. The van der Waals surface area contributed by atoms with Crippen LogP contribution in [0.3, 0.4) is 0 Å². The van der Waals surface area contributed by atoms with Crippen molar-refractivity contribution in [1.29, 1.82) is 0 Å². The molecule has 1 aliphatic carbocycles. The Morgan fingerprint density at radius 2 is 1.83 bits per heavy atom. The molecule has 0 radical (unpaired) electrons. The van der Waals surface area contributed by atoms with Gasteiger partial charge in [-0.2, -0.15) is 8.42 Å². The van der Waals surface area contributed by atoms with Gasteiger partial charge in [-0.15, -0.1) is 11.3 Å². The molecule has 2 heterocycles. The highest BCUT2D eigenvalue weighted by Gasteiger charge is 2.49. The molecule has 1 fully saturated rings. The fraction of sp³-hybridized carbons (Fsp3) is 0.559. The summed E-state index contributed by atoms with van der Waals surface area (Å²) in [6.45, 7) is 16.8. The van der Waals surface area contributed by atoms with E-state index < -0.39 is 24.2 Å². The number of aliphatic hydroxyl groups is 1. The molecule has 0 bridgehead atoms. The Balaban J connectivity index is 1.55. The van der Waals surface area contributed by atoms with Gasteiger partial charge < -0.3 is 14.8 Å². The first kappa shape index (κ1) is 38.6. The van der Waals surface area contributed by atoms with Crippen LogP contribution < -0.4 is 10.5 Å². The van der Waals surface area contributed by atoms with E-state index in [-0.39, 0.29) is 36.9 Å². The van der Waals surface area contributed by atoms with Crippen molar-refractivity contribution in [2.24, 2.45) is 11.1 Å². The molecule has 4 rings (SSSR count). The number of nitrogens with one attached hydrogen (secondary N) is 1. The number of hydrogen-bond donors (Lipinski definition) is 3. The number of nitrogens with zero attached hydrogens (tertiary/aromatic N) is 2. The lowest BCUT2D eigenvalue weighted by molar-refractivity contribution is 0.0987. The topological polar surface area (TPSA) is 154 Å². The van der Waals surface area contributed by atoms with Gasteiger partial charge in [-0.1, -0.05) is 65.3 Å². The van der Waals surface area contributed by atoms with Gasteiger partial charge >= 0.3 is 10.3 Å². The molecule has 14 heteroatoms. The molecule has 264 valence electrons. The van der Waals surface area contributed by atoms with E-state index in [0.29, 0.717) is 57.0 Å². The highest BCUT2D eigenvalue weighted by Crippen LogP contribution is 2.46. The predicted octanol–water partition coefficient (Wildman–Crippen LogP) is 7.15. The van der Waals surface area contributed by atoms with Crippen molar-refractivity contribution in [3.05, 3.63) is 74.3 Å². The molecule has 0 aliphatic heterocycles. The van der Waals surface area contributed by atoms with E-state index in [4.69, 9.17) is 25.3 Å². The number of anilines is 1. The van der Waals surface area contributed by atoms with E-state index in [1.54, 1.807) is 25.1 Å². The van der Waals surface area contributed by atoms with E-state index in [9.17, 15) is 18.3 Å². The van der Waals surface area contributed by atoms with Gasteiger partial charge in [0.25, 0.3) is 0 Å². The Labute approximate surface area is 295 Å². The molecular formula is C34H49ClN4O6S2Si. The third-order valence-electron chi connectivity index (χ3n) is 9.71. The van der Waals surface area contributed by atoms with Crippen molar-refractivity contribution >= 4 is 53.2 Å². The SMILES string of the molecule is Cc1sc(CC(=O)c2cncnc2N[C@@H]2C[C@H](COS(N)(=O)=O)[C@@H](O[Si](C(C)C)(C(C)C)C(C)C)C2)cc1C(C)(O)c1cccc(Cl)c1. The Hall–Kier alpha value is -2.23. The summed E-state index contributed by atoms with van der Waals surface area (Å²) in [7, 11) is -6.44. The van der Waals surface area contributed by atoms with E-state index in [1.807, 2.05) is 19.1 Å². The zero-order valence-electron chi connectivity index (χ0n) is 29.0. The molecule has 1 aromatic carbocycles. The van der Waals surface area contributed by atoms with Gasteiger partial charge in [-0.05, 0) is 67.1 Å². The fourth-order valence-corrected chi connectivity index (χ4v) is 14.9. The van der Waals surface area contributed by atoms with Gasteiger partial charge in [0.1, 0.15) is 17.7 Å². The van der Waals surface area contributed by atoms with Gasteiger partial charge in [0.15, 0.2) is 5.78 Å². The molecule has 1 saturated carbocycles. The molecule has 4 atom stereocenters. The average Bonchev–Trinajstić information content (AvgIpc) is 3.55. The highest BCUT2D eigenvalue weighted by atomic mass is 35.5. The molecule has 0 amide bonds. The van der Waals surface area contributed by atoms with E-state index in [2.05, 4.69) is 56.8 Å². The van der Waals surface area contributed by atoms with Crippen LogP contribution in [0.25, 0.3) is 0 Å². The van der Waals surface area contributed by atoms with Crippen LogP contribution in [-0.2, 0) is 30.9 Å². The second-order valence-corrected chi connectivity index (χ2v) is 22.4. The van der Waals surface area contributed by atoms with E-state index in [1.165, 1.54) is 23.9 Å². The van der Waals surface area contributed by atoms with Crippen molar-refractivity contribution in [1.82, 2.24) is 9.97 Å². The number of hydrogen-bond acceptors (Lipinski definition) is 10. The minimum Gasteiger partial charge on any atom is -0.413 e. The molecule has 48 heavy (non-hydrogen) atoms. The largest absolute Gasteiger partial charge is 0.413 e. The zero-order chi connectivity index (χ0) is 35.6. The van der Waals surface area contributed by atoms with Gasteiger partial charge in [0, 0.05) is 44.9 Å². The molecule has 3 aromatic rings. The number of carbonyl (C=O) groups excluding carboxylic acids is 1. The summed E-state index contributed by atoms with van der Waals surface area (Å²) in [5, 5.41) is 20.7. The van der Waals surface area contributed by atoms with Gasteiger partial charge in [0.2, 0.25) is 8.32 Å². The van der Waals surface area contributed by atoms with Crippen LogP contribution in [0.15, 0.2) is 42.9 Å². The van der Waals surface area contributed by atoms with E-state index in [0.717, 1.165) is 9.75 Å². The average molecular weight is 737 g/mol. The molecule has 1 unspecified atom stereocenters. The van der Waals surface area contributed by atoms with Crippen LogP contribution in [0.4, 0.5) is 5.82 Å². The number of rotatable bonds is 15. The summed E-state index contributed by atoms with van der Waals surface area (Å²) in [6, 6.07) is 8.84. The highest BCUT2D eigenvalue weighted by molar-refractivity contribution is 7.84. The van der Waals surface area contributed by atoms with Crippen LogP contribution in [0.2, 0.25) is 21.6 Å². The standard InChI is InChI=1S/C34H49ClN4O6S2Si/c1-20(2)48(21(3)4,22(5)6)45-32-14-27(12-24(32)18-44-47(36,42)43)39-33-29(17-37-19-38-33)31(40)16-28-15-30(23(7)46-28)34(8,41)25-10-9-11-26(35)13-25/h9-11,13,15,17,19-22,24,27,32,41H,12,14,16,18H2,1-8H3,(H2,36,42,43)(H,37,38,39)/t24-,27-,32+,34?/m1/s1. The number of aryl methyl sites for hydroxylation is 1. The monoisotopic (exact) mass is 736 g/mol. The van der Waals surface area contributed by atoms with Crippen molar-refractivity contribution in [3.8, 4) is 0 Å². The summed E-state index contributed by atoms with van der Waals surface area (Å²) in [5.74, 6) is 0.00932.